The Labute approximate surface area is 143 Å². The Bertz CT molecular complexity index is 1030. The van der Waals surface area contributed by atoms with Gasteiger partial charge in [0.2, 0.25) is 0 Å². The zero-order valence-corrected chi connectivity index (χ0v) is 13.5. The molecule has 1 atom stereocenters. The third-order valence-electron chi connectivity index (χ3n) is 4.37. The lowest BCUT2D eigenvalue weighted by Crippen LogP contribution is -2.03. The van der Waals surface area contributed by atoms with Crippen molar-refractivity contribution < 1.29 is 9.90 Å². The second kappa shape index (κ2) is 5.90. The molecule has 2 aromatic carbocycles. The maximum absolute atomic E-state index is 11.0. The molecule has 0 spiro atoms. The molecule has 0 saturated heterocycles. The first-order valence-corrected chi connectivity index (χ1v) is 7.92. The van der Waals surface area contributed by atoms with Gasteiger partial charge in [0.15, 0.2) is 0 Å². The molecule has 2 heterocycles. The van der Waals surface area contributed by atoms with Crippen LogP contribution in [0.3, 0.4) is 0 Å². The Hall–Kier alpha value is -3.41. The summed E-state index contributed by atoms with van der Waals surface area (Å²) >= 11 is 0. The van der Waals surface area contributed by atoms with Crippen LogP contribution in [0.1, 0.15) is 28.9 Å². The maximum atomic E-state index is 11.0. The fourth-order valence-electron chi connectivity index (χ4n) is 2.87. The highest BCUT2D eigenvalue weighted by atomic mass is 16.4. The van der Waals surface area contributed by atoms with Gasteiger partial charge in [0, 0.05) is 18.0 Å². The van der Waals surface area contributed by atoms with Crippen molar-refractivity contribution in [1.29, 1.82) is 0 Å². The van der Waals surface area contributed by atoms with Crippen LogP contribution in [-0.2, 0) is 0 Å². The van der Waals surface area contributed by atoms with Crippen molar-refractivity contribution >= 4 is 17.0 Å². The number of nitrogens with zero attached hydrogens (tertiary/aromatic N) is 3. The van der Waals surface area contributed by atoms with Crippen molar-refractivity contribution in [3.8, 4) is 11.4 Å². The molecule has 0 amide bonds. The molecule has 6 nitrogen and oxygen atoms in total. The molecule has 6 heteroatoms. The van der Waals surface area contributed by atoms with Gasteiger partial charge < -0.3 is 14.7 Å². The summed E-state index contributed by atoms with van der Waals surface area (Å²) in [5.41, 5.74) is 4.09. The molecule has 2 aromatic heterocycles. The summed E-state index contributed by atoms with van der Waals surface area (Å²) in [5.74, 6) is -0.214. The number of benzene rings is 2. The Morgan fingerprint density at radius 3 is 2.68 bits per heavy atom. The number of aromatic amines is 1. The molecule has 2 N–H and O–H groups in total. The molecule has 0 radical (unpaired) electrons. The number of H-pyrrole nitrogens is 1. The molecule has 124 valence electrons. The average Bonchev–Trinajstić information content (AvgIpc) is 3.30. The molecular formula is C19H16N4O2. The normalized spacial score (nSPS) is 12.4. The van der Waals surface area contributed by atoms with E-state index in [2.05, 4.69) is 34.0 Å². The summed E-state index contributed by atoms with van der Waals surface area (Å²) in [7, 11) is 0. The number of nitrogens with one attached hydrogen (secondary N) is 1. The van der Waals surface area contributed by atoms with E-state index >= 15 is 0 Å². The summed E-state index contributed by atoms with van der Waals surface area (Å²) in [6.07, 6.45) is 5.51. The number of hydrogen-bond donors (Lipinski definition) is 2. The van der Waals surface area contributed by atoms with Gasteiger partial charge in [-0.1, -0.05) is 18.2 Å². The first-order chi connectivity index (χ1) is 12.1. The van der Waals surface area contributed by atoms with Gasteiger partial charge in [-0.2, -0.15) is 0 Å². The highest BCUT2D eigenvalue weighted by molar-refractivity contribution is 5.88. The van der Waals surface area contributed by atoms with E-state index in [1.165, 1.54) is 0 Å². The van der Waals surface area contributed by atoms with Crippen molar-refractivity contribution in [2.75, 3.05) is 0 Å². The molecule has 25 heavy (non-hydrogen) atoms. The van der Waals surface area contributed by atoms with Crippen molar-refractivity contribution in [3.63, 3.8) is 0 Å². The van der Waals surface area contributed by atoms with E-state index < -0.39 is 5.97 Å². The van der Waals surface area contributed by atoms with Crippen LogP contribution in [0.2, 0.25) is 0 Å². The maximum Gasteiger partial charge on any atom is 0.335 e. The lowest BCUT2D eigenvalue weighted by Gasteiger charge is -2.13. The van der Waals surface area contributed by atoms with Gasteiger partial charge >= 0.3 is 5.97 Å². The number of rotatable bonds is 4. The van der Waals surface area contributed by atoms with Gasteiger partial charge in [0.05, 0.1) is 29.0 Å². The van der Waals surface area contributed by atoms with Crippen molar-refractivity contribution in [2.45, 2.75) is 13.0 Å². The summed E-state index contributed by atoms with van der Waals surface area (Å²) in [6.45, 7) is 2.12. The summed E-state index contributed by atoms with van der Waals surface area (Å²) < 4.78 is 2.04. The number of hydrogen-bond acceptors (Lipinski definition) is 3. The average molecular weight is 332 g/mol. The largest absolute Gasteiger partial charge is 0.478 e. The molecule has 0 saturated carbocycles. The van der Waals surface area contributed by atoms with Crippen molar-refractivity contribution in [3.05, 3.63) is 72.3 Å². The quantitative estimate of drug-likeness (QED) is 0.596. The Morgan fingerprint density at radius 1 is 1.20 bits per heavy atom. The number of fused-ring (bicyclic) bond motifs is 1. The van der Waals surface area contributed by atoms with Gasteiger partial charge in [0.1, 0.15) is 5.82 Å². The SMILES string of the molecule is CC(c1ccc2nc(-c3ccc(C(=O)O)cc3)[nH]c2c1)n1ccnc1. The van der Waals surface area contributed by atoms with Gasteiger partial charge in [-0.25, -0.2) is 14.8 Å². The van der Waals surface area contributed by atoms with E-state index in [4.69, 9.17) is 5.11 Å². The van der Waals surface area contributed by atoms with Crippen LogP contribution in [0.25, 0.3) is 22.4 Å². The molecule has 4 rings (SSSR count). The number of aromatic carboxylic acids is 1. The molecule has 0 aliphatic carbocycles. The second-order valence-corrected chi connectivity index (χ2v) is 5.93. The van der Waals surface area contributed by atoms with Crippen LogP contribution < -0.4 is 0 Å². The highest BCUT2D eigenvalue weighted by Crippen LogP contribution is 2.25. The fraction of sp³-hybridized carbons (Fsp3) is 0.105. The summed E-state index contributed by atoms with van der Waals surface area (Å²) in [5, 5.41) is 8.99. The number of carboxylic acid groups (broad SMARTS) is 1. The second-order valence-electron chi connectivity index (χ2n) is 5.93. The monoisotopic (exact) mass is 332 g/mol. The smallest absolute Gasteiger partial charge is 0.335 e. The van der Waals surface area contributed by atoms with Crippen LogP contribution >= 0.6 is 0 Å². The van der Waals surface area contributed by atoms with Crippen LogP contribution in [0.4, 0.5) is 0 Å². The minimum atomic E-state index is -0.936. The van der Waals surface area contributed by atoms with E-state index in [1.807, 2.05) is 16.8 Å². The van der Waals surface area contributed by atoms with Gasteiger partial charge in [-0.15, -0.1) is 0 Å². The third-order valence-corrected chi connectivity index (χ3v) is 4.37. The molecular weight excluding hydrogens is 316 g/mol. The van der Waals surface area contributed by atoms with Gasteiger partial charge in [-0.3, -0.25) is 0 Å². The first-order valence-electron chi connectivity index (χ1n) is 7.92. The molecule has 0 bridgehead atoms. The van der Waals surface area contributed by atoms with E-state index in [0.717, 1.165) is 28.0 Å². The predicted molar refractivity (Wildman–Crippen MR) is 94.5 cm³/mol. The molecule has 0 aliphatic heterocycles. The predicted octanol–water partition coefficient (Wildman–Crippen LogP) is 3.73. The number of carboxylic acids is 1. The van der Waals surface area contributed by atoms with E-state index in [-0.39, 0.29) is 11.6 Å². The number of carbonyl (C=O) groups is 1. The lowest BCUT2D eigenvalue weighted by atomic mass is 10.1. The van der Waals surface area contributed by atoms with E-state index in [1.54, 1.807) is 36.8 Å². The first kappa shape index (κ1) is 15.1. The minimum absolute atomic E-state index is 0.175. The lowest BCUT2D eigenvalue weighted by molar-refractivity contribution is 0.0697. The fourth-order valence-corrected chi connectivity index (χ4v) is 2.87. The van der Waals surface area contributed by atoms with Crippen molar-refractivity contribution in [1.82, 2.24) is 19.5 Å². The van der Waals surface area contributed by atoms with Crippen LogP contribution in [0.5, 0.6) is 0 Å². The summed E-state index contributed by atoms with van der Waals surface area (Å²) in [4.78, 5) is 23.0. The minimum Gasteiger partial charge on any atom is -0.478 e. The Morgan fingerprint density at radius 2 is 2.00 bits per heavy atom. The molecule has 0 fully saturated rings. The van der Waals surface area contributed by atoms with Crippen molar-refractivity contribution in [2.24, 2.45) is 0 Å². The van der Waals surface area contributed by atoms with Crippen LogP contribution in [0, 0.1) is 0 Å². The Kier molecular flexibility index (Phi) is 3.57. The Balaban J connectivity index is 1.69. The molecule has 1 unspecified atom stereocenters. The van der Waals surface area contributed by atoms with Crippen LogP contribution in [0.15, 0.2) is 61.2 Å². The number of imidazole rings is 2. The van der Waals surface area contributed by atoms with Gasteiger partial charge in [0.25, 0.3) is 0 Å². The van der Waals surface area contributed by atoms with Crippen LogP contribution in [-0.4, -0.2) is 30.6 Å². The van der Waals surface area contributed by atoms with E-state index in [0.29, 0.717) is 0 Å². The molecule has 0 aliphatic rings. The zero-order valence-electron chi connectivity index (χ0n) is 13.5. The van der Waals surface area contributed by atoms with Gasteiger partial charge in [-0.05, 0) is 36.8 Å². The molecule has 4 aromatic rings. The topological polar surface area (TPSA) is 83.8 Å². The zero-order chi connectivity index (χ0) is 17.4. The standard InChI is InChI=1S/C19H16N4O2/c1-12(23-9-8-20-11-23)15-6-7-16-17(10-15)22-18(21-16)13-2-4-14(5-3-13)19(24)25/h2-12H,1H3,(H,21,22)(H,24,25). The third kappa shape index (κ3) is 2.78. The highest BCUT2D eigenvalue weighted by Gasteiger charge is 2.11. The summed E-state index contributed by atoms with van der Waals surface area (Å²) in [6, 6.07) is 13.0. The van der Waals surface area contributed by atoms with E-state index in [9.17, 15) is 4.79 Å². The number of aromatic nitrogens is 4.